The van der Waals surface area contributed by atoms with Crippen LogP contribution in [-0.4, -0.2) is 15.9 Å². The molecule has 0 saturated carbocycles. The molecule has 0 spiro atoms. The van der Waals surface area contributed by atoms with E-state index in [1.165, 1.54) is 25.1 Å². The van der Waals surface area contributed by atoms with Crippen LogP contribution in [0.1, 0.15) is 6.92 Å². The molecule has 2 N–H and O–H groups in total. The minimum Gasteiger partial charge on any atom is -0.362 e. The molecule has 0 aromatic heterocycles. The van der Waals surface area contributed by atoms with Crippen molar-refractivity contribution in [2.24, 2.45) is 0 Å². The van der Waals surface area contributed by atoms with Gasteiger partial charge in [0.1, 0.15) is 12.0 Å². The number of benzene rings is 1. The molecule has 1 aromatic rings. The Hall–Kier alpha value is -0.710. The van der Waals surface area contributed by atoms with Gasteiger partial charge in [0, 0.05) is 12.6 Å². The summed E-state index contributed by atoms with van der Waals surface area (Å²) < 4.78 is 11.2. The monoisotopic (exact) mass is 298 g/mol. The number of alkyl halides is 3. The van der Waals surface area contributed by atoms with Crippen LogP contribution in [0.25, 0.3) is 0 Å². The van der Waals surface area contributed by atoms with E-state index in [1.807, 2.05) is 0 Å². The maximum absolute atomic E-state index is 13.0. The first-order chi connectivity index (χ1) is 7.79. The lowest BCUT2D eigenvalue weighted by Gasteiger charge is -2.26. The van der Waals surface area contributed by atoms with Crippen molar-refractivity contribution in [3.63, 3.8) is 0 Å². The highest BCUT2D eigenvalue weighted by Crippen LogP contribution is 2.31. The molecule has 0 heterocycles. The van der Waals surface area contributed by atoms with Crippen LogP contribution in [0.4, 0.5) is 10.1 Å². The molecular weight excluding hydrogens is 289 g/mol. The molecule has 0 fully saturated rings. The van der Waals surface area contributed by atoms with E-state index in [4.69, 9.17) is 34.8 Å². The van der Waals surface area contributed by atoms with Gasteiger partial charge in [-0.2, -0.15) is 0 Å². The van der Waals surface area contributed by atoms with E-state index >= 15 is 0 Å². The summed E-state index contributed by atoms with van der Waals surface area (Å²) in [6.45, 7) is 1.29. The van der Waals surface area contributed by atoms with Crippen molar-refractivity contribution in [3.8, 4) is 0 Å². The minimum absolute atomic E-state index is 0.370. The Kier molecular flexibility index (Phi) is 4.86. The number of nitrogens with one attached hydrogen (secondary N) is 2. The number of rotatable bonds is 3. The lowest BCUT2D eigenvalue weighted by Crippen LogP contribution is -2.48. The molecular formula is C10H10Cl3FN2O. The predicted octanol–water partition coefficient (Wildman–Crippen LogP) is 3.07. The Morgan fingerprint density at radius 3 is 2.53 bits per heavy atom. The van der Waals surface area contributed by atoms with Crippen LogP contribution < -0.4 is 10.6 Å². The summed E-state index contributed by atoms with van der Waals surface area (Å²) in [6, 6.07) is 5.61. The van der Waals surface area contributed by atoms with Crippen molar-refractivity contribution in [3.05, 3.63) is 30.1 Å². The Morgan fingerprint density at radius 2 is 2.06 bits per heavy atom. The van der Waals surface area contributed by atoms with Gasteiger partial charge in [0.15, 0.2) is 0 Å². The van der Waals surface area contributed by atoms with Gasteiger partial charge in [-0.25, -0.2) is 4.39 Å². The van der Waals surface area contributed by atoms with Gasteiger partial charge in [0.25, 0.3) is 0 Å². The van der Waals surface area contributed by atoms with Crippen molar-refractivity contribution < 1.29 is 9.18 Å². The molecule has 94 valence electrons. The molecule has 3 nitrogen and oxygen atoms in total. The Bertz CT molecular complexity index is 409. The predicted molar refractivity (Wildman–Crippen MR) is 67.9 cm³/mol. The fraction of sp³-hybridized carbons (Fsp3) is 0.300. The summed E-state index contributed by atoms with van der Waals surface area (Å²) in [5, 5.41) is 5.14. The quantitative estimate of drug-likeness (QED) is 0.665. The van der Waals surface area contributed by atoms with Crippen LogP contribution in [0.3, 0.4) is 0 Å². The van der Waals surface area contributed by atoms with Crippen molar-refractivity contribution >= 4 is 46.4 Å². The number of carbonyl (C=O) groups is 1. The highest BCUT2D eigenvalue weighted by atomic mass is 35.6. The van der Waals surface area contributed by atoms with Crippen LogP contribution in [0.15, 0.2) is 24.3 Å². The number of carbonyl (C=O) groups excluding carboxylic acids is 1. The van der Waals surface area contributed by atoms with Gasteiger partial charge in [-0.3, -0.25) is 4.79 Å². The summed E-state index contributed by atoms with van der Waals surface area (Å²) in [6.07, 6.45) is -0.952. The van der Waals surface area contributed by atoms with E-state index in [9.17, 15) is 9.18 Å². The third-order valence-corrected chi connectivity index (χ3v) is 2.47. The number of amides is 1. The second-order valence-corrected chi connectivity index (χ2v) is 5.70. The first-order valence-corrected chi connectivity index (χ1v) is 5.78. The molecule has 7 heteroatoms. The van der Waals surface area contributed by atoms with Gasteiger partial charge in [-0.1, -0.05) is 40.9 Å². The van der Waals surface area contributed by atoms with Crippen LogP contribution in [0.5, 0.6) is 0 Å². The van der Waals surface area contributed by atoms with E-state index in [0.29, 0.717) is 5.69 Å². The molecule has 17 heavy (non-hydrogen) atoms. The van der Waals surface area contributed by atoms with Gasteiger partial charge >= 0.3 is 0 Å². The molecule has 1 unspecified atom stereocenters. The second-order valence-electron chi connectivity index (χ2n) is 3.33. The van der Waals surface area contributed by atoms with Crippen LogP contribution in [0.2, 0.25) is 0 Å². The first-order valence-electron chi connectivity index (χ1n) is 4.65. The summed E-state index contributed by atoms with van der Waals surface area (Å²) >= 11 is 17.1. The second kappa shape index (κ2) is 5.76. The van der Waals surface area contributed by atoms with Gasteiger partial charge in [-0.05, 0) is 18.2 Å². The van der Waals surface area contributed by atoms with Crippen molar-refractivity contribution in [1.29, 1.82) is 0 Å². The van der Waals surface area contributed by atoms with Crippen LogP contribution in [0, 0.1) is 5.82 Å². The highest BCUT2D eigenvalue weighted by molar-refractivity contribution is 6.68. The van der Waals surface area contributed by atoms with E-state index < -0.39 is 15.8 Å². The zero-order valence-electron chi connectivity index (χ0n) is 8.81. The molecule has 0 aliphatic carbocycles. The standard InChI is InChI=1S/C10H10Cl3FN2O/c1-6(17)15-9(10(11,12)13)16-8-4-2-3-7(14)5-8/h2-5,9,16H,1H3,(H,15,17). The summed E-state index contributed by atoms with van der Waals surface area (Å²) in [5.41, 5.74) is 0.398. The molecule has 0 saturated heterocycles. The lowest BCUT2D eigenvalue weighted by atomic mass is 10.3. The molecule has 0 aliphatic rings. The van der Waals surface area contributed by atoms with E-state index in [1.54, 1.807) is 6.07 Å². The summed E-state index contributed by atoms with van der Waals surface area (Å²) in [4.78, 5) is 11.0. The number of hydrogen-bond donors (Lipinski definition) is 2. The van der Waals surface area contributed by atoms with Gasteiger partial charge in [0.2, 0.25) is 9.70 Å². The maximum Gasteiger partial charge on any atom is 0.228 e. The molecule has 0 bridgehead atoms. The molecule has 1 amide bonds. The van der Waals surface area contributed by atoms with Gasteiger partial charge in [0.05, 0.1) is 0 Å². The number of halogens is 4. The smallest absolute Gasteiger partial charge is 0.228 e. The molecule has 1 rings (SSSR count). The Balaban J connectivity index is 2.83. The van der Waals surface area contributed by atoms with Crippen LogP contribution in [-0.2, 0) is 4.79 Å². The third-order valence-electron chi connectivity index (χ3n) is 1.81. The molecule has 1 atom stereocenters. The van der Waals surface area contributed by atoms with Gasteiger partial charge in [-0.15, -0.1) is 0 Å². The fourth-order valence-corrected chi connectivity index (χ4v) is 1.48. The molecule has 0 aliphatic heterocycles. The zero-order valence-corrected chi connectivity index (χ0v) is 11.1. The Labute approximate surface area is 113 Å². The molecule has 1 aromatic carbocycles. The average molecular weight is 300 g/mol. The summed E-state index contributed by atoms with van der Waals surface area (Å²) in [7, 11) is 0. The maximum atomic E-state index is 13.0. The highest BCUT2D eigenvalue weighted by Gasteiger charge is 2.33. The SMILES string of the molecule is CC(=O)NC(Nc1cccc(F)c1)C(Cl)(Cl)Cl. The number of anilines is 1. The van der Waals surface area contributed by atoms with E-state index in [0.717, 1.165) is 0 Å². The number of hydrogen-bond acceptors (Lipinski definition) is 2. The van der Waals surface area contributed by atoms with E-state index in [2.05, 4.69) is 10.6 Å². The normalized spacial score (nSPS) is 13.0. The lowest BCUT2D eigenvalue weighted by molar-refractivity contribution is -0.119. The minimum atomic E-state index is -1.75. The Morgan fingerprint density at radius 1 is 1.41 bits per heavy atom. The van der Waals surface area contributed by atoms with E-state index in [-0.39, 0.29) is 5.91 Å². The van der Waals surface area contributed by atoms with Crippen LogP contribution >= 0.6 is 34.8 Å². The van der Waals surface area contributed by atoms with Gasteiger partial charge < -0.3 is 10.6 Å². The summed E-state index contributed by atoms with van der Waals surface area (Å²) in [5.74, 6) is -0.800. The first kappa shape index (κ1) is 14.4. The van der Waals surface area contributed by atoms with Crippen molar-refractivity contribution in [1.82, 2.24) is 5.32 Å². The average Bonchev–Trinajstić information content (AvgIpc) is 2.14. The van der Waals surface area contributed by atoms with Crippen molar-refractivity contribution in [2.45, 2.75) is 16.9 Å². The fourth-order valence-electron chi connectivity index (χ4n) is 1.15. The largest absolute Gasteiger partial charge is 0.362 e. The van der Waals surface area contributed by atoms with Crippen molar-refractivity contribution in [2.75, 3.05) is 5.32 Å². The third kappa shape index (κ3) is 4.98. The topological polar surface area (TPSA) is 41.1 Å². The zero-order chi connectivity index (χ0) is 13.1. The molecule has 0 radical (unpaired) electrons.